The molecule has 1 aromatic heterocycles. The van der Waals surface area contributed by atoms with E-state index in [1.807, 2.05) is 12.1 Å². The zero-order valence-corrected chi connectivity index (χ0v) is 9.61. The summed E-state index contributed by atoms with van der Waals surface area (Å²) in [6, 6.07) is 4.62. The first-order valence-corrected chi connectivity index (χ1v) is 4.98. The van der Waals surface area contributed by atoms with Gasteiger partial charge in [0.15, 0.2) is 0 Å². The Morgan fingerprint density at radius 2 is 2.36 bits per heavy atom. The lowest BCUT2D eigenvalue weighted by Gasteiger charge is -2.04. The molecule has 0 radical (unpaired) electrons. The molecule has 2 rings (SSSR count). The maximum absolute atomic E-state index is 5.91. The van der Waals surface area contributed by atoms with Crippen LogP contribution in [-0.2, 0) is 6.54 Å². The standard InChI is InChI=1S/C10H13ClN2.ClH/c1-7-5-9(7)13-6-8-3-2-4-12-10(8)11;/h2-4,7,9,13H,5-6H2,1H3;1H. The fourth-order valence-electron chi connectivity index (χ4n) is 1.40. The fraction of sp³-hybridized carbons (Fsp3) is 0.500. The van der Waals surface area contributed by atoms with Crippen LogP contribution in [0.5, 0.6) is 0 Å². The van der Waals surface area contributed by atoms with Crippen molar-refractivity contribution in [2.45, 2.75) is 25.9 Å². The van der Waals surface area contributed by atoms with Gasteiger partial charge in [-0.3, -0.25) is 0 Å². The summed E-state index contributed by atoms with van der Waals surface area (Å²) in [6.45, 7) is 3.09. The number of nitrogens with one attached hydrogen (secondary N) is 1. The van der Waals surface area contributed by atoms with Gasteiger partial charge in [-0.2, -0.15) is 0 Å². The van der Waals surface area contributed by atoms with Gasteiger partial charge in [-0.1, -0.05) is 24.6 Å². The maximum atomic E-state index is 5.91. The molecule has 2 unspecified atom stereocenters. The summed E-state index contributed by atoms with van der Waals surface area (Å²) in [5.74, 6) is 0.829. The molecule has 0 amide bonds. The van der Waals surface area contributed by atoms with Crippen molar-refractivity contribution in [2.24, 2.45) is 5.92 Å². The number of hydrogen-bond donors (Lipinski definition) is 1. The van der Waals surface area contributed by atoms with Gasteiger partial charge in [-0.25, -0.2) is 4.98 Å². The van der Waals surface area contributed by atoms with Crippen LogP contribution in [-0.4, -0.2) is 11.0 Å². The minimum atomic E-state index is 0. The summed E-state index contributed by atoms with van der Waals surface area (Å²) in [5.41, 5.74) is 1.09. The van der Waals surface area contributed by atoms with Crippen molar-refractivity contribution in [3.63, 3.8) is 0 Å². The van der Waals surface area contributed by atoms with Gasteiger partial charge in [0, 0.05) is 24.3 Å². The Kier molecular flexibility index (Phi) is 4.17. The van der Waals surface area contributed by atoms with Gasteiger partial charge in [-0.05, 0) is 18.4 Å². The molecule has 2 nitrogen and oxygen atoms in total. The molecule has 0 aromatic carbocycles. The van der Waals surface area contributed by atoms with Crippen molar-refractivity contribution in [1.82, 2.24) is 10.3 Å². The number of rotatable bonds is 3. The minimum Gasteiger partial charge on any atom is -0.310 e. The Bertz CT molecular complexity index is 304. The van der Waals surface area contributed by atoms with Gasteiger partial charge in [-0.15, -0.1) is 12.4 Å². The lowest BCUT2D eigenvalue weighted by molar-refractivity contribution is 0.651. The topological polar surface area (TPSA) is 24.9 Å². The quantitative estimate of drug-likeness (QED) is 0.812. The van der Waals surface area contributed by atoms with Crippen molar-refractivity contribution in [3.05, 3.63) is 29.0 Å². The van der Waals surface area contributed by atoms with E-state index >= 15 is 0 Å². The molecule has 0 bridgehead atoms. The third-order valence-corrected chi connectivity index (χ3v) is 2.84. The first-order chi connectivity index (χ1) is 6.27. The zero-order chi connectivity index (χ0) is 9.26. The molecule has 0 aliphatic heterocycles. The van der Waals surface area contributed by atoms with Crippen molar-refractivity contribution in [2.75, 3.05) is 0 Å². The maximum Gasteiger partial charge on any atom is 0.133 e. The van der Waals surface area contributed by atoms with Gasteiger partial charge in [0.2, 0.25) is 0 Å². The molecule has 4 heteroatoms. The van der Waals surface area contributed by atoms with Gasteiger partial charge in [0.05, 0.1) is 0 Å². The molecule has 1 fully saturated rings. The second-order valence-electron chi connectivity index (χ2n) is 3.65. The van der Waals surface area contributed by atoms with Crippen molar-refractivity contribution in [1.29, 1.82) is 0 Å². The Labute approximate surface area is 95.5 Å². The molecule has 2 atom stereocenters. The SMILES string of the molecule is CC1CC1NCc1cccnc1Cl.Cl. The Morgan fingerprint density at radius 3 is 2.93 bits per heavy atom. The monoisotopic (exact) mass is 232 g/mol. The summed E-state index contributed by atoms with van der Waals surface area (Å²) < 4.78 is 0. The summed E-state index contributed by atoms with van der Waals surface area (Å²) in [5, 5.41) is 4.05. The number of aromatic nitrogens is 1. The highest BCUT2D eigenvalue weighted by atomic mass is 35.5. The van der Waals surface area contributed by atoms with E-state index in [9.17, 15) is 0 Å². The van der Waals surface area contributed by atoms with Crippen LogP contribution in [0.3, 0.4) is 0 Å². The molecule has 78 valence electrons. The van der Waals surface area contributed by atoms with Crippen molar-refractivity contribution in [3.8, 4) is 0 Å². The molecule has 1 N–H and O–H groups in total. The lowest BCUT2D eigenvalue weighted by Crippen LogP contribution is -2.17. The van der Waals surface area contributed by atoms with Crippen LogP contribution in [0.2, 0.25) is 5.15 Å². The second kappa shape index (κ2) is 4.96. The molecule has 14 heavy (non-hydrogen) atoms. The minimum absolute atomic E-state index is 0. The Balaban J connectivity index is 0.000000980. The van der Waals surface area contributed by atoms with Crippen LogP contribution in [0, 0.1) is 5.92 Å². The van der Waals surface area contributed by atoms with E-state index in [2.05, 4.69) is 17.2 Å². The van der Waals surface area contributed by atoms with E-state index in [4.69, 9.17) is 11.6 Å². The van der Waals surface area contributed by atoms with Crippen LogP contribution in [0.1, 0.15) is 18.9 Å². The third-order valence-electron chi connectivity index (χ3n) is 2.50. The number of nitrogens with zero attached hydrogens (tertiary/aromatic N) is 1. The number of halogens is 2. The average molecular weight is 233 g/mol. The van der Waals surface area contributed by atoms with E-state index in [1.54, 1.807) is 6.20 Å². The van der Waals surface area contributed by atoms with Gasteiger partial charge in [0.1, 0.15) is 5.15 Å². The first-order valence-electron chi connectivity index (χ1n) is 4.60. The second-order valence-corrected chi connectivity index (χ2v) is 4.01. The average Bonchev–Trinajstić information content (AvgIpc) is 2.81. The lowest BCUT2D eigenvalue weighted by atomic mass is 10.3. The number of pyridine rings is 1. The van der Waals surface area contributed by atoms with Gasteiger partial charge < -0.3 is 5.32 Å². The Hall–Kier alpha value is -0.310. The van der Waals surface area contributed by atoms with E-state index in [0.29, 0.717) is 11.2 Å². The van der Waals surface area contributed by atoms with E-state index in [-0.39, 0.29) is 12.4 Å². The summed E-state index contributed by atoms with van der Waals surface area (Å²) in [4.78, 5) is 4.02. The largest absolute Gasteiger partial charge is 0.310 e. The Morgan fingerprint density at radius 1 is 1.64 bits per heavy atom. The molecule has 1 saturated carbocycles. The van der Waals surface area contributed by atoms with Crippen LogP contribution in [0.25, 0.3) is 0 Å². The van der Waals surface area contributed by atoms with Crippen LogP contribution >= 0.6 is 24.0 Å². The number of hydrogen-bond acceptors (Lipinski definition) is 2. The van der Waals surface area contributed by atoms with Crippen LogP contribution in [0.4, 0.5) is 0 Å². The molecular weight excluding hydrogens is 219 g/mol. The van der Waals surface area contributed by atoms with E-state index < -0.39 is 0 Å². The van der Waals surface area contributed by atoms with E-state index in [1.165, 1.54) is 6.42 Å². The molecule has 1 aliphatic rings. The molecule has 1 aromatic rings. The van der Waals surface area contributed by atoms with E-state index in [0.717, 1.165) is 18.0 Å². The first kappa shape index (κ1) is 11.8. The molecule has 0 spiro atoms. The third kappa shape index (κ3) is 2.84. The highest BCUT2D eigenvalue weighted by Crippen LogP contribution is 2.29. The summed E-state index contributed by atoms with van der Waals surface area (Å²) in [6.07, 6.45) is 3.00. The smallest absolute Gasteiger partial charge is 0.133 e. The molecule has 0 saturated heterocycles. The molecule has 1 aliphatic carbocycles. The normalized spacial score (nSPS) is 24.1. The zero-order valence-electron chi connectivity index (χ0n) is 8.03. The molecular formula is C10H14Cl2N2. The van der Waals surface area contributed by atoms with Gasteiger partial charge in [0.25, 0.3) is 0 Å². The van der Waals surface area contributed by atoms with Gasteiger partial charge >= 0.3 is 0 Å². The van der Waals surface area contributed by atoms with Crippen LogP contribution in [0.15, 0.2) is 18.3 Å². The predicted octanol–water partition coefficient (Wildman–Crippen LogP) is 2.65. The fourth-order valence-corrected chi connectivity index (χ4v) is 1.58. The summed E-state index contributed by atoms with van der Waals surface area (Å²) in [7, 11) is 0. The highest BCUT2D eigenvalue weighted by Gasteiger charge is 2.31. The molecule has 1 heterocycles. The summed E-state index contributed by atoms with van der Waals surface area (Å²) >= 11 is 5.91. The van der Waals surface area contributed by atoms with Crippen molar-refractivity contribution >= 4 is 24.0 Å². The highest BCUT2D eigenvalue weighted by molar-refractivity contribution is 6.30. The predicted molar refractivity (Wildman–Crippen MR) is 60.9 cm³/mol. The van der Waals surface area contributed by atoms with Crippen molar-refractivity contribution < 1.29 is 0 Å². The van der Waals surface area contributed by atoms with Crippen LogP contribution < -0.4 is 5.32 Å².